The van der Waals surface area contributed by atoms with Crippen LogP contribution in [0.5, 0.6) is 0 Å². The predicted molar refractivity (Wildman–Crippen MR) is 48.9 cm³/mol. The molecule has 0 fully saturated rings. The Kier molecular flexibility index (Phi) is 2.37. The minimum Gasteiger partial charge on any atom is -0.289 e. The van der Waals surface area contributed by atoms with Gasteiger partial charge in [-0.15, -0.1) is 0 Å². The maximum atomic E-state index is 12.2. The van der Waals surface area contributed by atoms with Crippen molar-refractivity contribution in [2.75, 3.05) is 0 Å². The lowest BCUT2D eigenvalue weighted by molar-refractivity contribution is -0.141. The van der Waals surface area contributed by atoms with E-state index in [9.17, 15) is 13.2 Å². The molecular formula is C9H7F3N4. The quantitative estimate of drug-likeness (QED) is 0.749. The minimum absolute atomic E-state index is 0.300. The van der Waals surface area contributed by atoms with Crippen molar-refractivity contribution in [2.45, 2.75) is 13.1 Å². The second kappa shape index (κ2) is 3.58. The van der Waals surface area contributed by atoms with Crippen LogP contribution in [-0.4, -0.2) is 19.5 Å². The van der Waals surface area contributed by atoms with Crippen molar-refractivity contribution in [1.29, 1.82) is 0 Å². The first-order valence-corrected chi connectivity index (χ1v) is 4.37. The van der Waals surface area contributed by atoms with Gasteiger partial charge in [0.25, 0.3) is 0 Å². The normalized spacial score (nSPS) is 11.8. The van der Waals surface area contributed by atoms with Gasteiger partial charge < -0.3 is 0 Å². The average molecular weight is 228 g/mol. The summed E-state index contributed by atoms with van der Waals surface area (Å²) >= 11 is 0. The number of hydrogen-bond donors (Lipinski definition) is 0. The third-order valence-electron chi connectivity index (χ3n) is 1.90. The Morgan fingerprint density at radius 2 is 1.88 bits per heavy atom. The molecule has 0 atom stereocenters. The van der Waals surface area contributed by atoms with E-state index in [-0.39, 0.29) is 0 Å². The van der Waals surface area contributed by atoms with Crippen LogP contribution in [-0.2, 0) is 6.18 Å². The number of rotatable bonds is 1. The Labute approximate surface area is 88.8 Å². The summed E-state index contributed by atoms with van der Waals surface area (Å²) in [5, 5.41) is 0. The second-order valence-corrected chi connectivity index (χ2v) is 3.18. The maximum absolute atomic E-state index is 12.2. The van der Waals surface area contributed by atoms with Gasteiger partial charge in [0.1, 0.15) is 6.33 Å². The van der Waals surface area contributed by atoms with E-state index in [2.05, 4.69) is 15.0 Å². The van der Waals surface area contributed by atoms with E-state index in [1.165, 1.54) is 10.9 Å². The van der Waals surface area contributed by atoms with Gasteiger partial charge in [-0.05, 0) is 6.92 Å². The molecule has 0 N–H and O–H groups in total. The highest BCUT2D eigenvalue weighted by molar-refractivity contribution is 5.20. The Bertz CT molecular complexity index is 486. The highest BCUT2D eigenvalue weighted by Gasteiger charge is 2.32. The largest absolute Gasteiger partial charge is 0.434 e. The third-order valence-corrected chi connectivity index (χ3v) is 1.90. The number of nitrogens with zero attached hydrogens (tertiary/aromatic N) is 4. The molecule has 16 heavy (non-hydrogen) atoms. The molecular weight excluding hydrogens is 221 g/mol. The van der Waals surface area contributed by atoms with Crippen molar-refractivity contribution < 1.29 is 13.2 Å². The van der Waals surface area contributed by atoms with E-state index in [1.54, 1.807) is 13.1 Å². The first-order valence-electron chi connectivity index (χ1n) is 4.37. The lowest BCUT2D eigenvalue weighted by atomic mass is 10.4. The molecule has 0 spiro atoms. The molecule has 2 heterocycles. The van der Waals surface area contributed by atoms with Gasteiger partial charge in [-0.25, -0.2) is 15.0 Å². The molecule has 0 aromatic carbocycles. The molecule has 2 rings (SSSR count). The smallest absolute Gasteiger partial charge is 0.289 e. The zero-order valence-electron chi connectivity index (χ0n) is 8.23. The van der Waals surface area contributed by atoms with Crippen LogP contribution in [0.4, 0.5) is 13.2 Å². The summed E-state index contributed by atoms with van der Waals surface area (Å²) in [5.41, 5.74) is -0.255. The van der Waals surface area contributed by atoms with Crippen LogP contribution < -0.4 is 0 Å². The fraction of sp³-hybridized carbons (Fsp3) is 0.222. The Hall–Kier alpha value is -1.92. The monoisotopic (exact) mass is 228 g/mol. The lowest BCUT2D eigenvalue weighted by Crippen LogP contribution is -2.09. The van der Waals surface area contributed by atoms with Crippen LogP contribution in [0.3, 0.4) is 0 Å². The number of imidazole rings is 1. The summed E-state index contributed by atoms with van der Waals surface area (Å²) in [6.07, 6.45) is 0.412. The van der Waals surface area contributed by atoms with E-state index < -0.39 is 11.9 Å². The predicted octanol–water partition coefficient (Wildman–Crippen LogP) is 1.99. The maximum Gasteiger partial charge on any atom is 0.434 e. The molecule has 0 aliphatic carbocycles. The van der Waals surface area contributed by atoms with Gasteiger partial charge in [0, 0.05) is 6.20 Å². The summed E-state index contributed by atoms with van der Waals surface area (Å²) < 4.78 is 38.1. The van der Waals surface area contributed by atoms with Crippen LogP contribution in [0.1, 0.15) is 11.4 Å². The second-order valence-electron chi connectivity index (χ2n) is 3.18. The third kappa shape index (κ3) is 2.02. The fourth-order valence-electron chi connectivity index (χ4n) is 1.15. The SMILES string of the molecule is Cc1cn(-c2cnc(C(F)(F)F)cn2)cn1. The van der Waals surface area contributed by atoms with Gasteiger partial charge in [-0.3, -0.25) is 4.57 Å². The van der Waals surface area contributed by atoms with Crippen molar-refractivity contribution >= 4 is 0 Å². The molecule has 0 unspecified atom stereocenters. The van der Waals surface area contributed by atoms with Crippen LogP contribution in [0.25, 0.3) is 5.82 Å². The van der Waals surface area contributed by atoms with E-state index in [1.807, 2.05) is 0 Å². The summed E-state index contributed by atoms with van der Waals surface area (Å²) in [6, 6.07) is 0. The average Bonchev–Trinajstić information content (AvgIpc) is 2.64. The topological polar surface area (TPSA) is 43.6 Å². The Balaban J connectivity index is 2.33. The van der Waals surface area contributed by atoms with Gasteiger partial charge in [0.15, 0.2) is 11.5 Å². The number of alkyl halides is 3. The van der Waals surface area contributed by atoms with Gasteiger partial charge in [-0.2, -0.15) is 13.2 Å². The van der Waals surface area contributed by atoms with Gasteiger partial charge in [0.05, 0.1) is 18.1 Å². The van der Waals surface area contributed by atoms with E-state index in [0.717, 1.165) is 11.9 Å². The number of halogens is 3. The zero-order chi connectivity index (χ0) is 11.8. The molecule has 0 radical (unpaired) electrons. The standard InChI is InChI=1S/C9H7F3N4/c1-6-4-16(5-15-6)8-3-13-7(2-14-8)9(10,11)12/h2-5H,1H3. The fourth-order valence-corrected chi connectivity index (χ4v) is 1.15. The lowest BCUT2D eigenvalue weighted by Gasteiger charge is -2.05. The minimum atomic E-state index is -4.46. The molecule has 0 saturated carbocycles. The number of hydrogen-bond acceptors (Lipinski definition) is 3. The highest BCUT2D eigenvalue weighted by Crippen LogP contribution is 2.26. The summed E-state index contributed by atoms with van der Waals surface area (Å²) in [5.74, 6) is 0.300. The summed E-state index contributed by atoms with van der Waals surface area (Å²) in [4.78, 5) is 10.9. The Morgan fingerprint density at radius 3 is 2.31 bits per heavy atom. The van der Waals surface area contributed by atoms with Crippen molar-refractivity contribution in [1.82, 2.24) is 19.5 Å². The van der Waals surface area contributed by atoms with Crippen LogP contribution in [0.2, 0.25) is 0 Å². The van der Waals surface area contributed by atoms with Crippen molar-refractivity contribution in [3.05, 3.63) is 36.3 Å². The van der Waals surface area contributed by atoms with Crippen molar-refractivity contribution in [3.63, 3.8) is 0 Å². The summed E-state index contributed by atoms with van der Waals surface area (Å²) in [7, 11) is 0. The number of aryl methyl sites for hydroxylation is 1. The molecule has 2 aromatic heterocycles. The molecule has 7 heteroatoms. The van der Waals surface area contributed by atoms with E-state index in [4.69, 9.17) is 0 Å². The highest BCUT2D eigenvalue weighted by atomic mass is 19.4. The molecule has 4 nitrogen and oxygen atoms in total. The van der Waals surface area contributed by atoms with E-state index in [0.29, 0.717) is 12.0 Å². The van der Waals surface area contributed by atoms with Gasteiger partial charge >= 0.3 is 6.18 Å². The molecule has 0 bridgehead atoms. The van der Waals surface area contributed by atoms with Gasteiger partial charge in [-0.1, -0.05) is 0 Å². The molecule has 0 aliphatic rings. The molecule has 0 amide bonds. The van der Waals surface area contributed by atoms with Crippen molar-refractivity contribution in [3.8, 4) is 5.82 Å². The molecule has 2 aromatic rings. The summed E-state index contributed by atoms with van der Waals surface area (Å²) in [6.45, 7) is 1.77. The van der Waals surface area contributed by atoms with Crippen molar-refractivity contribution in [2.24, 2.45) is 0 Å². The van der Waals surface area contributed by atoms with Crippen LogP contribution >= 0.6 is 0 Å². The van der Waals surface area contributed by atoms with Crippen LogP contribution in [0.15, 0.2) is 24.9 Å². The zero-order valence-corrected chi connectivity index (χ0v) is 8.23. The molecule has 84 valence electrons. The van der Waals surface area contributed by atoms with Crippen LogP contribution in [0, 0.1) is 6.92 Å². The van der Waals surface area contributed by atoms with Gasteiger partial charge in [0.2, 0.25) is 0 Å². The molecule has 0 saturated heterocycles. The first-order chi connectivity index (χ1) is 7.47. The molecule has 0 aliphatic heterocycles. The van der Waals surface area contributed by atoms with E-state index >= 15 is 0 Å². The number of aromatic nitrogens is 4. The first kappa shape index (κ1) is 10.6. The Morgan fingerprint density at radius 1 is 1.12 bits per heavy atom.